The first-order valence-electron chi connectivity index (χ1n) is 9.24. The minimum absolute atomic E-state index is 0.0297. The van der Waals surface area contributed by atoms with Gasteiger partial charge in [-0.05, 0) is 61.6 Å². The Balaban J connectivity index is 1.40. The van der Waals surface area contributed by atoms with Crippen LogP contribution in [0.1, 0.15) is 36.9 Å². The Morgan fingerprint density at radius 1 is 1.21 bits per heavy atom. The van der Waals surface area contributed by atoms with Crippen molar-refractivity contribution in [2.45, 2.75) is 42.7 Å². The fraction of sp³-hybridized carbons (Fsp3) is 0.286. The highest BCUT2D eigenvalue weighted by Crippen LogP contribution is 2.31. The van der Waals surface area contributed by atoms with Crippen LogP contribution in [0.4, 0.5) is 0 Å². The molecule has 0 spiro atoms. The third kappa shape index (κ3) is 4.23. The van der Waals surface area contributed by atoms with Crippen molar-refractivity contribution in [2.75, 3.05) is 0 Å². The number of amides is 1. The number of rotatable bonds is 5. The van der Waals surface area contributed by atoms with Gasteiger partial charge in [0.15, 0.2) is 0 Å². The number of halogens is 1. The second kappa shape index (κ2) is 8.37. The molecule has 1 aliphatic rings. The summed E-state index contributed by atoms with van der Waals surface area (Å²) in [4.78, 5) is 12.7. The van der Waals surface area contributed by atoms with Gasteiger partial charge in [-0.3, -0.25) is 4.79 Å². The van der Waals surface area contributed by atoms with Crippen molar-refractivity contribution in [3.8, 4) is 11.5 Å². The fourth-order valence-electron chi connectivity index (χ4n) is 3.36. The van der Waals surface area contributed by atoms with Crippen LogP contribution in [0, 0.1) is 0 Å². The summed E-state index contributed by atoms with van der Waals surface area (Å²) in [5, 5.41) is 12.0. The molecule has 0 saturated carbocycles. The minimum atomic E-state index is -0.340. The van der Waals surface area contributed by atoms with Gasteiger partial charge >= 0.3 is 0 Å². The zero-order chi connectivity index (χ0) is 19.5. The van der Waals surface area contributed by atoms with Gasteiger partial charge in [0.1, 0.15) is 0 Å². The van der Waals surface area contributed by atoms with E-state index in [0.717, 1.165) is 24.8 Å². The molecular weight excluding hydrogens is 394 g/mol. The fourth-order valence-corrected chi connectivity index (χ4v) is 4.18. The molecular formula is C21H20ClN3O2S. The molecule has 1 aromatic heterocycles. The highest BCUT2D eigenvalue weighted by molar-refractivity contribution is 8.00. The Kier molecular flexibility index (Phi) is 5.69. The van der Waals surface area contributed by atoms with Gasteiger partial charge in [0.05, 0.1) is 11.3 Å². The van der Waals surface area contributed by atoms with Crippen LogP contribution in [0.15, 0.2) is 58.2 Å². The molecule has 7 heteroatoms. The van der Waals surface area contributed by atoms with E-state index in [1.54, 1.807) is 12.1 Å². The van der Waals surface area contributed by atoms with Gasteiger partial charge in [0.2, 0.25) is 11.8 Å². The van der Waals surface area contributed by atoms with E-state index < -0.39 is 0 Å². The van der Waals surface area contributed by atoms with Crippen LogP contribution < -0.4 is 5.32 Å². The van der Waals surface area contributed by atoms with Crippen LogP contribution in [0.3, 0.4) is 0 Å². The van der Waals surface area contributed by atoms with E-state index in [0.29, 0.717) is 16.1 Å². The molecule has 1 heterocycles. The lowest BCUT2D eigenvalue weighted by Gasteiger charge is -2.27. The van der Waals surface area contributed by atoms with E-state index in [9.17, 15) is 4.79 Å². The standard InChI is InChI=1S/C21H20ClN3O2S/c1-13(19(26)23-18-8-4-6-14-5-2-3-7-17(14)18)28-21-25-24-20(27-21)15-9-11-16(22)12-10-15/h2-3,5,7,9-13,18H,4,6,8H2,1H3,(H,23,26)/t13-,18-/m0/s1. The van der Waals surface area contributed by atoms with E-state index >= 15 is 0 Å². The van der Waals surface area contributed by atoms with Crippen molar-refractivity contribution in [1.82, 2.24) is 15.5 Å². The first kappa shape index (κ1) is 19.0. The lowest BCUT2D eigenvalue weighted by molar-refractivity contribution is -0.121. The number of carbonyl (C=O) groups is 1. The zero-order valence-electron chi connectivity index (χ0n) is 15.4. The Hall–Kier alpha value is -2.31. The smallest absolute Gasteiger partial charge is 0.277 e. The van der Waals surface area contributed by atoms with Crippen LogP contribution >= 0.6 is 23.4 Å². The summed E-state index contributed by atoms with van der Waals surface area (Å²) in [5.41, 5.74) is 3.34. The topological polar surface area (TPSA) is 68.0 Å². The second-order valence-electron chi connectivity index (χ2n) is 6.79. The third-order valence-corrected chi connectivity index (χ3v) is 6.02. The van der Waals surface area contributed by atoms with Crippen molar-refractivity contribution in [1.29, 1.82) is 0 Å². The first-order valence-corrected chi connectivity index (χ1v) is 10.5. The Morgan fingerprint density at radius 2 is 2.00 bits per heavy atom. The molecule has 0 bridgehead atoms. The molecule has 0 saturated heterocycles. The summed E-state index contributed by atoms with van der Waals surface area (Å²) in [7, 11) is 0. The molecule has 4 rings (SSSR count). The molecule has 0 aliphatic heterocycles. The summed E-state index contributed by atoms with van der Waals surface area (Å²) in [5.74, 6) is 0.380. The molecule has 0 fully saturated rings. The van der Waals surface area contributed by atoms with Gasteiger partial charge in [-0.1, -0.05) is 47.6 Å². The molecule has 3 aromatic rings. The molecule has 1 aliphatic carbocycles. The minimum Gasteiger partial charge on any atom is -0.411 e. The number of nitrogens with one attached hydrogen (secondary N) is 1. The maximum Gasteiger partial charge on any atom is 0.277 e. The molecule has 2 aromatic carbocycles. The Bertz CT molecular complexity index is 974. The number of hydrogen-bond donors (Lipinski definition) is 1. The van der Waals surface area contributed by atoms with Crippen molar-refractivity contribution < 1.29 is 9.21 Å². The molecule has 1 amide bonds. The SMILES string of the molecule is C[C@H](Sc1nnc(-c2ccc(Cl)cc2)o1)C(=O)N[C@H]1CCCc2ccccc21. The van der Waals surface area contributed by atoms with Gasteiger partial charge in [0, 0.05) is 10.6 Å². The van der Waals surface area contributed by atoms with Crippen molar-refractivity contribution in [3.63, 3.8) is 0 Å². The van der Waals surface area contributed by atoms with E-state index in [1.165, 1.54) is 22.9 Å². The van der Waals surface area contributed by atoms with Crippen LogP contribution in [0.25, 0.3) is 11.5 Å². The highest BCUT2D eigenvalue weighted by Gasteiger charge is 2.25. The number of fused-ring (bicyclic) bond motifs is 1. The normalized spacial score (nSPS) is 17.0. The summed E-state index contributed by atoms with van der Waals surface area (Å²) in [6, 6.07) is 15.6. The van der Waals surface area contributed by atoms with Gasteiger partial charge in [0.25, 0.3) is 5.22 Å². The second-order valence-corrected chi connectivity index (χ2v) is 8.52. The monoisotopic (exact) mass is 413 g/mol. The number of aromatic nitrogens is 2. The predicted octanol–water partition coefficient (Wildman–Crippen LogP) is 5.06. The van der Waals surface area contributed by atoms with Crippen molar-refractivity contribution in [3.05, 3.63) is 64.7 Å². The van der Waals surface area contributed by atoms with E-state index in [2.05, 4.69) is 33.7 Å². The van der Waals surface area contributed by atoms with Crippen LogP contribution in [-0.4, -0.2) is 21.4 Å². The van der Waals surface area contributed by atoms with Gasteiger partial charge in [-0.2, -0.15) is 0 Å². The van der Waals surface area contributed by atoms with Gasteiger partial charge < -0.3 is 9.73 Å². The summed E-state index contributed by atoms with van der Waals surface area (Å²) in [6.07, 6.45) is 3.11. The van der Waals surface area contributed by atoms with Crippen LogP contribution in [0.5, 0.6) is 0 Å². The molecule has 1 N–H and O–H groups in total. The molecule has 144 valence electrons. The maximum absolute atomic E-state index is 12.7. The largest absolute Gasteiger partial charge is 0.411 e. The summed E-state index contributed by atoms with van der Waals surface area (Å²) >= 11 is 7.17. The van der Waals surface area contributed by atoms with Gasteiger partial charge in [-0.15, -0.1) is 10.2 Å². The number of thioether (sulfide) groups is 1. The highest BCUT2D eigenvalue weighted by atomic mass is 35.5. The van der Waals surface area contributed by atoms with Gasteiger partial charge in [-0.25, -0.2) is 0 Å². The lowest BCUT2D eigenvalue weighted by atomic mass is 9.88. The summed E-state index contributed by atoms with van der Waals surface area (Å²) < 4.78 is 5.69. The Labute approximate surface area is 172 Å². The predicted molar refractivity (Wildman–Crippen MR) is 110 cm³/mol. The third-order valence-electron chi connectivity index (χ3n) is 4.83. The molecule has 0 radical (unpaired) electrons. The van der Waals surface area contributed by atoms with E-state index in [1.807, 2.05) is 25.1 Å². The number of nitrogens with zero attached hydrogens (tertiary/aromatic N) is 2. The number of benzene rings is 2. The zero-order valence-corrected chi connectivity index (χ0v) is 17.0. The van der Waals surface area contributed by atoms with Crippen molar-refractivity contribution in [2.24, 2.45) is 0 Å². The van der Waals surface area contributed by atoms with Crippen LogP contribution in [0.2, 0.25) is 5.02 Å². The average Bonchev–Trinajstić information content (AvgIpc) is 3.17. The number of hydrogen-bond acceptors (Lipinski definition) is 5. The molecule has 0 unspecified atom stereocenters. The maximum atomic E-state index is 12.7. The number of carbonyl (C=O) groups excluding carboxylic acids is 1. The average molecular weight is 414 g/mol. The van der Waals surface area contributed by atoms with Crippen LogP contribution in [-0.2, 0) is 11.2 Å². The van der Waals surface area contributed by atoms with E-state index in [-0.39, 0.29) is 17.2 Å². The quantitative estimate of drug-likeness (QED) is 0.592. The Morgan fingerprint density at radius 3 is 2.82 bits per heavy atom. The summed E-state index contributed by atoms with van der Waals surface area (Å²) in [6.45, 7) is 1.85. The number of aryl methyl sites for hydroxylation is 1. The first-order chi connectivity index (χ1) is 13.6. The molecule has 28 heavy (non-hydrogen) atoms. The lowest BCUT2D eigenvalue weighted by Crippen LogP contribution is -2.35. The molecule has 5 nitrogen and oxygen atoms in total. The van der Waals surface area contributed by atoms with Crippen molar-refractivity contribution >= 4 is 29.3 Å². The molecule has 2 atom stereocenters. The van der Waals surface area contributed by atoms with E-state index in [4.69, 9.17) is 16.0 Å².